The molecule has 0 fully saturated rings. The minimum Gasteiger partial charge on any atom is -0.748 e. The Bertz CT molecular complexity index is 1780. The van der Waals surface area contributed by atoms with Crippen molar-refractivity contribution >= 4 is 54.2 Å². The van der Waals surface area contributed by atoms with Gasteiger partial charge >= 0.3 is 0 Å². The van der Waals surface area contributed by atoms with Crippen LogP contribution in [0.4, 0.5) is 5.69 Å². The maximum Gasteiger partial charge on any atom is 0.268 e. The number of hydrogen-bond acceptors (Lipinski definition) is 6. The van der Waals surface area contributed by atoms with E-state index in [2.05, 4.69) is 53.1 Å². The lowest BCUT2D eigenvalue weighted by molar-refractivity contribution is -0.667. The minimum absolute atomic E-state index is 0.235. The first-order valence-corrected chi connectivity index (χ1v) is 14.4. The largest absolute Gasteiger partial charge is 0.748 e. The topological polar surface area (TPSA) is 73.6 Å². The van der Waals surface area contributed by atoms with Gasteiger partial charge in [-0.05, 0) is 40.8 Å². The molecule has 0 aliphatic carbocycles. The summed E-state index contributed by atoms with van der Waals surface area (Å²) in [6, 6.07) is 28.7. The van der Waals surface area contributed by atoms with Crippen molar-refractivity contribution in [2.45, 2.75) is 13.0 Å². The molecule has 0 amide bonds. The lowest BCUT2D eigenvalue weighted by atomic mass is 10.0. The smallest absolute Gasteiger partial charge is 0.268 e. The Morgan fingerprint density at radius 3 is 2.57 bits per heavy atom. The Labute approximate surface area is 219 Å². The molecule has 1 aliphatic heterocycles. The van der Waals surface area contributed by atoms with Gasteiger partial charge < -0.3 is 14.2 Å². The zero-order chi connectivity index (χ0) is 25.6. The summed E-state index contributed by atoms with van der Waals surface area (Å²) in [5, 5.41) is 3.11. The highest BCUT2D eigenvalue weighted by molar-refractivity contribution is 7.85. The molecule has 0 N–H and O–H groups in total. The van der Waals surface area contributed by atoms with Gasteiger partial charge in [0.1, 0.15) is 4.70 Å². The summed E-state index contributed by atoms with van der Waals surface area (Å²) in [6.07, 6.45) is 2.23. The zero-order valence-corrected chi connectivity index (χ0v) is 21.8. The molecule has 1 aliphatic rings. The average molecular weight is 529 g/mol. The van der Waals surface area contributed by atoms with Gasteiger partial charge in [-0.1, -0.05) is 72.0 Å². The Kier molecular flexibility index (Phi) is 5.95. The molecule has 1 aromatic heterocycles. The Morgan fingerprint density at radius 2 is 1.76 bits per heavy atom. The number of thiazole rings is 1. The van der Waals surface area contributed by atoms with Crippen LogP contribution >= 0.6 is 11.3 Å². The SMILES string of the molecule is CN1C(=Cc2sc3ccc4ccccc4c3[n+]2CCCS(=O)(=O)[O-])Oc2ccc(-c3ccccc3)cc21. The van der Waals surface area contributed by atoms with Gasteiger partial charge in [0.25, 0.3) is 5.01 Å². The van der Waals surface area contributed by atoms with Gasteiger partial charge in [0.2, 0.25) is 11.4 Å². The maximum absolute atomic E-state index is 11.3. The van der Waals surface area contributed by atoms with E-state index in [1.165, 1.54) is 0 Å². The molecule has 0 saturated carbocycles. The minimum atomic E-state index is -4.29. The standard InChI is InChI=1S/C29H24N2O4S2/c1-30-24-18-22(20-8-3-2-4-9-20)12-14-25(24)35-27(30)19-28-31(16-7-17-37(32,33)34)29-23-11-6-5-10-21(23)13-15-26(29)36-28/h2-6,8-15,18-19H,7,16-17H2,1H3. The van der Waals surface area contributed by atoms with Crippen LogP contribution in [0.1, 0.15) is 11.4 Å². The van der Waals surface area contributed by atoms with Crippen molar-refractivity contribution < 1.29 is 22.3 Å². The molecule has 0 spiro atoms. The fraction of sp³-hybridized carbons (Fsp3) is 0.138. The molecule has 0 bridgehead atoms. The first-order chi connectivity index (χ1) is 17.9. The highest BCUT2D eigenvalue weighted by atomic mass is 32.2. The van der Waals surface area contributed by atoms with E-state index < -0.39 is 15.9 Å². The summed E-state index contributed by atoms with van der Waals surface area (Å²) in [5.74, 6) is 1.06. The van der Waals surface area contributed by atoms with E-state index in [0.717, 1.165) is 48.6 Å². The van der Waals surface area contributed by atoms with E-state index in [-0.39, 0.29) is 6.42 Å². The second kappa shape index (κ2) is 9.30. The van der Waals surface area contributed by atoms with Crippen LogP contribution in [0.5, 0.6) is 5.75 Å². The van der Waals surface area contributed by atoms with E-state index in [0.29, 0.717) is 12.4 Å². The van der Waals surface area contributed by atoms with E-state index in [4.69, 9.17) is 4.74 Å². The number of ether oxygens (including phenoxy) is 1. The number of nitrogens with zero attached hydrogens (tertiary/aromatic N) is 2. The van der Waals surface area contributed by atoms with E-state index in [1.54, 1.807) is 11.3 Å². The quantitative estimate of drug-likeness (QED) is 0.207. The molecular formula is C29H24N2O4S2. The van der Waals surface area contributed by atoms with Crippen molar-refractivity contribution in [2.75, 3.05) is 17.7 Å². The molecule has 8 heteroatoms. The first kappa shape index (κ1) is 23.7. The molecule has 186 valence electrons. The molecule has 5 aromatic rings. The van der Waals surface area contributed by atoms with Gasteiger partial charge in [0.05, 0.1) is 27.3 Å². The third-order valence-electron chi connectivity index (χ3n) is 6.61. The molecule has 0 unspecified atom stereocenters. The predicted molar refractivity (Wildman–Crippen MR) is 148 cm³/mol. The first-order valence-electron chi connectivity index (χ1n) is 12.0. The molecular weight excluding hydrogens is 504 g/mol. The molecule has 0 atom stereocenters. The van der Waals surface area contributed by atoms with Crippen molar-refractivity contribution in [3.8, 4) is 16.9 Å². The fourth-order valence-electron chi connectivity index (χ4n) is 4.81. The number of hydrogen-bond donors (Lipinski definition) is 0. The van der Waals surface area contributed by atoms with Crippen LogP contribution in [0.15, 0.2) is 90.8 Å². The Hall–Kier alpha value is -3.72. The van der Waals surface area contributed by atoms with Crippen molar-refractivity contribution in [3.05, 3.63) is 95.8 Å². The molecule has 0 saturated heterocycles. The van der Waals surface area contributed by atoms with Crippen molar-refractivity contribution in [1.82, 2.24) is 0 Å². The van der Waals surface area contributed by atoms with Crippen LogP contribution in [0.25, 0.3) is 38.2 Å². The van der Waals surface area contributed by atoms with Crippen molar-refractivity contribution in [1.29, 1.82) is 0 Å². The molecule has 4 aromatic carbocycles. The average Bonchev–Trinajstić information content (AvgIpc) is 3.40. The van der Waals surface area contributed by atoms with Crippen LogP contribution in [-0.2, 0) is 16.7 Å². The normalized spacial score (nSPS) is 14.4. The second-order valence-corrected chi connectivity index (χ2v) is 11.6. The van der Waals surface area contributed by atoms with Gasteiger partial charge in [0.15, 0.2) is 12.3 Å². The van der Waals surface area contributed by atoms with Gasteiger partial charge in [-0.15, -0.1) is 0 Å². The van der Waals surface area contributed by atoms with E-state index >= 15 is 0 Å². The molecule has 0 radical (unpaired) electrons. The number of aromatic nitrogens is 1. The summed E-state index contributed by atoms with van der Waals surface area (Å²) in [5.41, 5.74) is 4.25. The number of anilines is 1. The van der Waals surface area contributed by atoms with E-state index in [9.17, 15) is 13.0 Å². The second-order valence-electron chi connectivity index (χ2n) is 9.03. The number of benzene rings is 4. The molecule has 6 nitrogen and oxygen atoms in total. The zero-order valence-electron chi connectivity index (χ0n) is 20.1. The van der Waals surface area contributed by atoms with Gasteiger partial charge in [-0.25, -0.2) is 8.42 Å². The van der Waals surface area contributed by atoms with Gasteiger partial charge in [0, 0.05) is 19.2 Å². The molecule has 37 heavy (non-hydrogen) atoms. The van der Waals surface area contributed by atoms with Crippen molar-refractivity contribution in [3.63, 3.8) is 0 Å². The van der Waals surface area contributed by atoms with E-state index in [1.807, 2.05) is 54.4 Å². The maximum atomic E-state index is 11.3. The van der Waals surface area contributed by atoms with Crippen LogP contribution in [-0.4, -0.2) is 25.8 Å². The fourth-order valence-corrected chi connectivity index (χ4v) is 6.42. The number of aryl methyl sites for hydroxylation is 1. The lowest BCUT2D eigenvalue weighted by Crippen LogP contribution is -2.36. The van der Waals surface area contributed by atoms with Crippen LogP contribution < -0.4 is 14.2 Å². The third kappa shape index (κ3) is 4.59. The summed E-state index contributed by atoms with van der Waals surface area (Å²) < 4.78 is 43.3. The highest BCUT2D eigenvalue weighted by Crippen LogP contribution is 2.41. The lowest BCUT2D eigenvalue weighted by Gasteiger charge is -2.11. The summed E-state index contributed by atoms with van der Waals surface area (Å²) in [7, 11) is -2.31. The number of rotatable bonds is 6. The summed E-state index contributed by atoms with van der Waals surface area (Å²) in [4.78, 5) is 2.02. The number of fused-ring (bicyclic) bond motifs is 4. The molecule has 6 rings (SSSR count). The van der Waals surface area contributed by atoms with Gasteiger partial charge in [-0.3, -0.25) is 0 Å². The van der Waals surface area contributed by atoms with Crippen LogP contribution in [0, 0.1) is 0 Å². The summed E-state index contributed by atoms with van der Waals surface area (Å²) >= 11 is 1.62. The predicted octanol–water partition coefficient (Wildman–Crippen LogP) is 5.77. The molecule has 2 heterocycles. The monoisotopic (exact) mass is 528 g/mol. The third-order valence-corrected chi connectivity index (χ3v) is 8.49. The van der Waals surface area contributed by atoms with Crippen LogP contribution in [0.2, 0.25) is 0 Å². The Balaban J connectivity index is 1.42. The summed E-state index contributed by atoms with van der Waals surface area (Å²) in [6.45, 7) is 0.406. The van der Waals surface area contributed by atoms with Gasteiger partial charge in [-0.2, -0.15) is 4.57 Å². The van der Waals surface area contributed by atoms with Crippen LogP contribution in [0.3, 0.4) is 0 Å². The van der Waals surface area contributed by atoms with Crippen molar-refractivity contribution in [2.24, 2.45) is 0 Å². The Morgan fingerprint density at radius 1 is 0.973 bits per heavy atom. The highest BCUT2D eigenvalue weighted by Gasteiger charge is 2.28.